The molecule has 0 fully saturated rings. The van der Waals surface area contributed by atoms with E-state index in [1.54, 1.807) is 0 Å². The highest BCUT2D eigenvalue weighted by molar-refractivity contribution is 5.77. The van der Waals surface area contributed by atoms with E-state index < -0.39 is 0 Å². The summed E-state index contributed by atoms with van der Waals surface area (Å²) >= 11 is 0. The van der Waals surface area contributed by atoms with Crippen LogP contribution in [0.5, 0.6) is 0 Å². The molecule has 4 nitrogen and oxygen atoms in total. The molecule has 2 heterocycles. The molecule has 0 aliphatic carbocycles. The molecule has 2 aromatic heterocycles. The van der Waals surface area contributed by atoms with Crippen LogP contribution in [-0.4, -0.2) is 15.4 Å². The van der Waals surface area contributed by atoms with Gasteiger partial charge in [0.2, 0.25) is 0 Å². The minimum absolute atomic E-state index is 1.06. The van der Waals surface area contributed by atoms with Gasteiger partial charge in [0, 0.05) is 16.9 Å². The van der Waals surface area contributed by atoms with Gasteiger partial charge in [-0.3, -0.25) is 4.98 Å². The smallest absolute Gasteiger partial charge is 0.144 e. The van der Waals surface area contributed by atoms with Crippen molar-refractivity contribution in [2.75, 3.05) is 0 Å². The van der Waals surface area contributed by atoms with Gasteiger partial charge in [-0.05, 0) is 12.1 Å². The Hall–Kier alpha value is -2.23. The highest BCUT2D eigenvalue weighted by atomic mass is 16.5. The Morgan fingerprint density at radius 3 is 2.47 bits per heavy atom. The molecule has 0 radical (unpaired) electrons. The monoisotopic (exact) mass is 199 g/mol. The minimum Gasteiger partial charge on any atom is -0.346 e. The Bertz CT molecular complexity index is 425. The standard InChI is InChI=1S/C9H7N.C2H2N2O/c1-2-6-9-8(4-1)5-3-7-10-9;1-2-5-4-3-1/h1-7H;1-2H. The first-order valence-electron chi connectivity index (χ1n) is 4.47. The summed E-state index contributed by atoms with van der Waals surface area (Å²) in [7, 11) is 0. The van der Waals surface area contributed by atoms with Crippen LogP contribution >= 0.6 is 0 Å². The van der Waals surface area contributed by atoms with Crippen LogP contribution in [-0.2, 0) is 0 Å². The van der Waals surface area contributed by atoms with Crippen molar-refractivity contribution in [1.29, 1.82) is 0 Å². The van der Waals surface area contributed by atoms with Gasteiger partial charge in [-0.25, -0.2) is 0 Å². The molecule has 0 saturated carbocycles. The Balaban J connectivity index is 0.000000144. The molecule has 4 heteroatoms. The summed E-state index contributed by atoms with van der Waals surface area (Å²) < 4.78 is 4.22. The fraction of sp³-hybridized carbons (Fsp3) is 0. The maximum Gasteiger partial charge on any atom is 0.144 e. The molecule has 74 valence electrons. The van der Waals surface area contributed by atoms with Crippen molar-refractivity contribution in [3.63, 3.8) is 0 Å². The number of para-hydroxylation sites is 1. The lowest BCUT2D eigenvalue weighted by molar-refractivity contribution is 0.393. The lowest BCUT2D eigenvalue weighted by Crippen LogP contribution is -1.73. The average Bonchev–Trinajstić information content (AvgIpc) is 2.88. The zero-order chi connectivity index (χ0) is 10.3. The third-order valence-corrected chi connectivity index (χ3v) is 1.79. The quantitative estimate of drug-likeness (QED) is 0.557. The van der Waals surface area contributed by atoms with Crippen LogP contribution in [0.4, 0.5) is 0 Å². The topological polar surface area (TPSA) is 51.8 Å². The van der Waals surface area contributed by atoms with Gasteiger partial charge in [-0.15, -0.1) is 5.10 Å². The van der Waals surface area contributed by atoms with Crippen LogP contribution in [0.1, 0.15) is 0 Å². The van der Waals surface area contributed by atoms with Crippen molar-refractivity contribution in [2.45, 2.75) is 0 Å². The maximum atomic E-state index is 4.22. The fourth-order valence-corrected chi connectivity index (χ4v) is 1.15. The van der Waals surface area contributed by atoms with E-state index in [-0.39, 0.29) is 0 Å². The number of hydrogen-bond acceptors (Lipinski definition) is 4. The Labute approximate surface area is 86.5 Å². The maximum absolute atomic E-state index is 4.22. The normalized spacial score (nSPS) is 9.33. The number of fused-ring (bicyclic) bond motifs is 1. The Kier molecular flexibility index (Phi) is 3.02. The molecule has 0 amide bonds. The number of hydrogen-bond donors (Lipinski definition) is 0. The van der Waals surface area contributed by atoms with Crippen LogP contribution in [0.3, 0.4) is 0 Å². The highest BCUT2D eigenvalue weighted by Crippen LogP contribution is 2.07. The third kappa shape index (κ3) is 2.60. The summed E-state index contributed by atoms with van der Waals surface area (Å²) in [5.41, 5.74) is 1.06. The number of rotatable bonds is 0. The van der Waals surface area contributed by atoms with E-state index in [1.807, 2.05) is 30.5 Å². The molecule has 0 saturated heterocycles. The van der Waals surface area contributed by atoms with Crippen LogP contribution in [0.2, 0.25) is 0 Å². The Morgan fingerprint density at radius 2 is 1.80 bits per heavy atom. The molecule has 0 aliphatic rings. The zero-order valence-electron chi connectivity index (χ0n) is 7.95. The van der Waals surface area contributed by atoms with Crippen molar-refractivity contribution in [3.05, 3.63) is 55.1 Å². The number of benzene rings is 1. The molecule has 3 aromatic rings. The molecule has 0 atom stereocenters. The molecule has 0 bridgehead atoms. The molecular formula is C11H9N3O. The van der Waals surface area contributed by atoms with Crippen LogP contribution in [0.25, 0.3) is 10.9 Å². The van der Waals surface area contributed by atoms with Gasteiger partial charge in [-0.2, -0.15) is 0 Å². The van der Waals surface area contributed by atoms with Gasteiger partial charge in [-0.1, -0.05) is 24.3 Å². The second-order valence-electron chi connectivity index (χ2n) is 2.78. The summed E-state index contributed by atoms with van der Waals surface area (Å²) in [5.74, 6) is 0. The van der Waals surface area contributed by atoms with Crippen LogP contribution in [0.15, 0.2) is 59.6 Å². The fourth-order valence-electron chi connectivity index (χ4n) is 1.15. The third-order valence-electron chi connectivity index (χ3n) is 1.79. The van der Waals surface area contributed by atoms with Gasteiger partial charge in [0.05, 0.1) is 11.7 Å². The average molecular weight is 199 g/mol. The van der Waals surface area contributed by atoms with Gasteiger partial charge >= 0.3 is 0 Å². The van der Waals surface area contributed by atoms with E-state index in [4.69, 9.17) is 0 Å². The van der Waals surface area contributed by atoms with Crippen molar-refractivity contribution in [1.82, 2.24) is 15.4 Å². The predicted octanol–water partition coefficient (Wildman–Crippen LogP) is 2.30. The molecule has 1 aromatic carbocycles. The van der Waals surface area contributed by atoms with Gasteiger partial charge < -0.3 is 4.52 Å². The molecule has 0 unspecified atom stereocenters. The molecule has 0 spiro atoms. The highest BCUT2D eigenvalue weighted by Gasteiger charge is 1.86. The molecule has 0 N–H and O–H groups in total. The van der Waals surface area contributed by atoms with E-state index >= 15 is 0 Å². The van der Waals surface area contributed by atoms with E-state index in [9.17, 15) is 0 Å². The minimum atomic E-state index is 1.06. The van der Waals surface area contributed by atoms with E-state index in [2.05, 4.69) is 32.0 Å². The molecular weight excluding hydrogens is 190 g/mol. The van der Waals surface area contributed by atoms with E-state index in [0.29, 0.717) is 0 Å². The molecule has 0 aliphatic heterocycles. The van der Waals surface area contributed by atoms with E-state index in [0.717, 1.165) is 5.52 Å². The predicted molar refractivity (Wildman–Crippen MR) is 56.0 cm³/mol. The van der Waals surface area contributed by atoms with Crippen molar-refractivity contribution < 1.29 is 4.52 Å². The first-order valence-corrected chi connectivity index (χ1v) is 4.47. The summed E-state index contributed by atoms with van der Waals surface area (Å²) in [4.78, 5) is 4.18. The summed E-state index contributed by atoms with van der Waals surface area (Å²) in [6.07, 6.45) is 4.68. The van der Waals surface area contributed by atoms with Crippen LogP contribution < -0.4 is 0 Å². The second kappa shape index (κ2) is 4.85. The van der Waals surface area contributed by atoms with E-state index in [1.165, 1.54) is 17.8 Å². The van der Waals surface area contributed by atoms with Gasteiger partial charge in [0.1, 0.15) is 6.26 Å². The van der Waals surface area contributed by atoms with Gasteiger partial charge in [0.15, 0.2) is 0 Å². The Morgan fingerprint density at radius 1 is 0.933 bits per heavy atom. The summed E-state index contributed by atoms with van der Waals surface area (Å²) in [6, 6.07) is 12.1. The van der Waals surface area contributed by atoms with Crippen LogP contribution in [0, 0.1) is 0 Å². The van der Waals surface area contributed by atoms with Crippen molar-refractivity contribution >= 4 is 10.9 Å². The lowest BCUT2D eigenvalue weighted by atomic mass is 10.2. The van der Waals surface area contributed by atoms with Crippen molar-refractivity contribution in [3.8, 4) is 0 Å². The number of nitrogens with zero attached hydrogens (tertiary/aromatic N) is 3. The first kappa shape index (κ1) is 9.33. The van der Waals surface area contributed by atoms with Crippen molar-refractivity contribution in [2.24, 2.45) is 0 Å². The molecule has 3 rings (SSSR count). The van der Waals surface area contributed by atoms with Gasteiger partial charge in [0.25, 0.3) is 0 Å². The summed E-state index contributed by atoms with van der Waals surface area (Å²) in [5, 5.41) is 7.60. The molecule has 15 heavy (non-hydrogen) atoms. The largest absolute Gasteiger partial charge is 0.346 e. The lowest BCUT2D eigenvalue weighted by Gasteiger charge is -1.91. The first-order chi connectivity index (χ1) is 7.47. The number of pyridine rings is 1. The number of aromatic nitrogens is 3. The SMILES string of the molecule is c1ccc2ncccc2c1.c1conn1. The summed E-state index contributed by atoms with van der Waals surface area (Å²) in [6.45, 7) is 0. The zero-order valence-corrected chi connectivity index (χ0v) is 7.95. The second-order valence-corrected chi connectivity index (χ2v) is 2.78.